The highest BCUT2D eigenvalue weighted by Gasteiger charge is 2.35. The van der Waals surface area contributed by atoms with E-state index >= 15 is 0 Å². The third kappa shape index (κ3) is 3.03. The standard InChI is InChI=1S/C13H21N5OS/c1-9-8-11(9)15-12(19)17-4-3-5-18(7-6-17)13-14-10(2)16-20-13/h9,11H,3-8H2,1-2H3,(H,15,19). The number of amides is 2. The van der Waals surface area contributed by atoms with Gasteiger partial charge in [-0.2, -0.15) is 4.37 Å². The highest BCUT2D eigenvalue weighted by Crippen LogP contribution is 2.29. The van der Waals surface area contributed by atoms with Crippen LogP contribution in [0.4, 0.5) is 9.93 Å². The third-order valence-corrected chi connectivity index (χ3v) is 4.86. The molecule has 110 valence electrons. The summed E-state index contributed by atoms with van der Waals surface area (Å²) in [5, 5.41) is 4.08. The van der Waals surface area contributed by atoms with Crippen LogP contribution in [0.3, 0.4) is 0 Å². The van der Waals surface area contributed by atoms with Crippen LogP contribution in [0.25, 0.3) is 0 Å². The monoisotopic (exact) mass is 295 g/mol. The molecule has 2 atom stereocenters. The number of anilines is 1. The molecule has 2 amide bonds. The Morgan fingerprint density at radius 3 is 2.80 bits per heavy atom. The van der Waals surface area contributed by atoms with Crippen molar-refractivity contribution in [3.05, 3.63) is 5.82 Å². The van der Waals surface area contributed by atoms with Crippen molar-refractivity contribution in [1.82, 2.24) is 19.6 Å². The molecule has 0 bridgehead atoms. The summed E-state index contributed by atoms with van der Waals surface area (Å²) in [5.41, 5.74) is 0. The summed E-state index contributed by atoms with van der Waals surface area (Å²) in [6.45, 7) is 7.44. The molecule has 1 aliphatic carbocycles. The first-order valence-corrected chi connectivity index (χ1v) is 8.01. The SMILES string of the molecule is Cc1nsc(N2CCCN(C(=O)NC3CC3C)CC2)n1. The molecular weight excluding hydrogens is 274 g/mol. The second kappa shape index (κ2) is 5.55. The molecular formula is C13H21N5OS. The first-order valence-electron chi connectivity index (χ1n) is 7.24. The maximum atomic E-state index is 12.2. The van der Waals surface area contributed by atoms with E-state index in [-0.39, 0.29) is 6.03 Å². The first-order chi connectivity index (χ1) is 9.63. The maximum Gasteiger partial charge on any atom is 0.317 e. The van der Waals surface area contributed by atoms with Gasteiger partial charge in [0.25, 0.3) is 0 Å². The summed E-state index contributed by atoms with van der Waals surface area (Å²) in [7, 11) is 0. The second-order valence-electron chi connectivity index (χ2n) is 5.72. The Morgan fingerprint density at radius 2 is 2.15 bits per heavy atom. The van der Waals surface area contributed by atoms with Crippen LogP contribution in [0, 0.1) is 12.8 Å². The molecule has 0 aromatic carbocycles. The summed E-state index contributed by atoms with van der Waals surface area (Å²) in [6.07, 6.45) is 2.10. The van der Waals surface area contributed by atoms with E-state index in [0.717, 1.165) is 50.0 Å². The van der Waals surface area contributed by atoms with Crippen LogP contribution in [0.1, 0.15) is 25.6 Å². The highest BCUT2D eigenvalue weighted by atomic mass is 32.1. The number of nitrogens with one attached hydrogen (secondary N) is 1. The minimum Gasteiger partial charge on any atom is -0.345 e. The summed E-state index contributed by atoms with van der Waals surface area (Å²) in [4.78, 5) is 20.8. The Balaban J connectivity index is 1.55. The molecule has 1 aromatic heterocycles. The molecule has 1 aromatic rings. The Kier molecular flexibility index (Phi) is 3.78. The number of aryl methyl sites for hydroxylation is 1. The molecule has 0 radical (unpaired) electrons. The van der Waals surface area contributed by atoms with Gasteiger partial charge >= 0.3 is 6.03 Å². The van der Waals surface area contributed by atoms with Gasteiger partial charge in [-0.05, 0) is 25.7 Å². The molecule has 0 spiro atoms. The number of nitrogens with zero attached hydrogens (tertiary/aromatic N) is 4. The maximum absolute atomic E-state index is 12.2. The molecule has 7 heteroatoms. The quantitative estimate of drug-likeness (QED) is 0.897. The molecule has 3 rings (SSSR count). The molecule has 1 aliphatic heterocycles. The van der Waals surface area contributed by atoms with E-state index in [2.05, 4.69) is 26.5 Å². The number of hydrogen-bond donors (Lipinski definition) is 1. The van der Waals surface area contributed by atoms with Crippen molar-refractivity contribution in [2.24, 2.45) is 5.92 Å². The van der Waals surface area contributed by atoms with Gasteiger partial charge in [0.2, 0.25) is 5.13 Å². The molecule has 2 fully saturated rings. The summed E-state index contributed by atoms with van der Waals surface area (Å²) in [6, 6.07) is 0.488. The van der Waals surface area contributed by atoms with Gasteiger partial charge in [-0.25, -0.2) is 9.78 Å². The van der Waals surface area contributed by atoms with Crippen molar-refractivity contribution in [2.75, 3.05) is 31.1 Å². The molecule has 2 unspecified atom stereocenters. The van der Waals surface area contributed by atoms with Crippen LogP contribution in [-0.2, 0) is 0 Å². The molecule has 2 heterocycles. The summed E-state index contributed by atoms with van der Waals surface area (Å²) in [5.74, 6) is 1.47. The van der Waals surface area contributed by atoms with Crippen LogP contribution < -0.4 is 10.2 Å². The molecule has 1 N–H and O–H groups in total. The Morgan fingerprint density at radius 1 is 1.35 bits per heavy atom. The van der Waals surface area contributed by atoms with Gasteiger partial charge in [0.05, 0.1) is 0 Å². The Labute approximate surface area is 123 Å². The topological polar surface area (TPSA) is 61.4 Å². The van der Waals surface area contributed by atoms with Crippen molar-refractivity contribution in [2.45, 2.75) is 32.7 Å². The number of carbonyl (C=O) groups is 1. The van der Waals surface area contributed by atoms with Gasteiger partial charge in [-0.1, -0.05) is 6.92 Å². The van der Waals surface area contributed by atoms with Crippen LogP contribution in [0.5, 0.6) is 0 Å². The predicted molar refractivity (Wildman–Crippen MR) is 79.1 cm³/mol. The summed E-state index contributed by atoms with van der Waals surface area (Å²) >= 11 is 1.44. The van der Waals surface area contributed by atoms with Gasteiger partial charge in [-0.15, -0.1) is 0 Å². The Bertz CT molecular complexity index is 491. The van der Waals surface area contributed by atoms with Crippen molar-refractivity contribution in [1.29, 1.82) is 0 Å². The lowest BCUT2D eigenvalue weighted by molar-refractivity contribution is 0.200. The van der Waals surface area contributed by atoms with Crippen LogP contribution in [-0.4, -0.2) is 52.5 Å². The number of carbonyl (C=O) groups excluding carboxylic acids is 1. The lowest BCUT2D eigenvalue weighted by Gasteiger charge is -2.21. The van der Waals surface area contributed by atoms with Crippen LogP contribution >= 0.6 is 11.5 Å². The number of aromatic nitrogens is 2. The lowest BCUT2D eigenvalue weighted by Crippen LogP contribution is -2.43. The van der Waals surface area contributed by atoms with Crippen molar-refractivity contribution in [3.63, 3.8) is 0 Å². The number of rotatable bonds is 2. The molecule has 6 nitrogen and oxygen atoms in total. The lowest BCUT2D eigenvalue weighted by atomic mass is 10.4. The zero-order chi connectivity index (χ0) is 14.1. The van der Waals surface area contributed by atoms with Crippen molar-refractivity contribution < 1.29 is 4.79 Å². The average Bonchev–Trinajstić information content (AvgIpc) is 3.03. The molecule has 1 saturated heterocycles. The highest BCUT2D eigenvalue weighted by molar-refractivity contribution is 7.09. The van der Waals surface area contributed by atoms with Crippen molar-refractivity contribution in [3.8, 4) is 0 Å². The predicted octanol–water partition coefficient (Wildman–Crippen LogP) is 1.48. The largest absolute Gasteiger partial charge is 0.345 e. The molecule has 2 aliphatic rings. The van der Waals surface area contributed by atoms with Gasteiger partial charge in [0, 0.05) is 43.8 Å². The van der Waals surface area contributed by atoms with Gasteiger partial charge in [0.15, 0.2) is 0 Å². The number of hydrogen-bond acceptors (Lipinski definition) is 5. The molecule has 20 heavy (non-hydrogen) atoms. The minimum atomic E-state index is 0.0923. The minimum absolute atomic E-state index is 0.0923. The van der Waals surface area contributed by atoms with Gasteiger partial charge < -0.3 is 15.1 Å². The zero-order valence-electron chi connectivity index (χ0n) is 12.0. The molecule has 1 saturated carbocycles. The van der Waals surface area contributed by atoms with E-state index in [9.17, 15) is 4.79 Å². The van der Waals surface area contributed by atoms with Crippen LogP contribution in [0.2, 0.25) is 0 Å². The normalized spacial score (nSPS) is 26.3. The fraction of sp³-hybridized carbons (Fsp3) is 0.769. The fourth-order valence-electron chi connectivity index (χ4n) is 2.50. The second-order valence-corrected chi connectivity index (χ2v) is 6.45. The summed E-state index contributed by atoms with van der Waals surface area (Å²) < 4.78 is 4.23. The fourth-order valence-corrected chi connectivity index (χ4v) is 3.23. The van der Waals surface area contributed by atoms with E-state index in [1.807, 2.05) is 11.8 Å². The smallest absolute Gasteiger partial charge is 0.317 e. The number of urea groups is 1. The van der Waals surface area contributed by atoms with Crippen molar-refractivity contribution >= 4 is 22.7 Å². The van der Waals surface area contributed by atoms with Gasteiger partial charge in [0.1, 0.15) is 5.82 Å². The average molecular weight is 295 g/mol. The van der Waals surface area contributed by atoms with E-state index in [4.69, 9.17) is 0 Å². The third-order valence-electron chi connectivity index (χ3n) is 3.99. The van der Waals surface area contributed by atoms with Crippen LogP contribution in [0.15, 0.2) is 0 Å². The van der Waals surface area contributed by atoms with E-state index in [0.29, 0.717) is 12.0 Å². The first kappa shape index (κ1) is 13.6. The van der Waals surface area contributed by atoms with E-state index < -0.39 is 0 Å². The van der Waals surface area contributed by atoms with Gasteiger partial charge in [-0.3, -0.25) is 0 Å². The zero-order valence-corrected chi connectivity index (χ0v) is 12.8. The van der Waals surface area contributed by atoms with E-state index in [1.54, 1.807) is 0 Å². The van der Waals surface area contributed by atoms with E-state index in [1.165, 1.54) is 11.5 Å². The Hall–Kier alpha value is -1.37.